The van der Waals surface area contributed by atoms with Gasteiger partial charge in [0.25, 0.3) is 5.56 Å². The van der Waals surface area contributed by atoms with Gasteiger partial charge in [-0.15, -0.1) is 0 Å². The van der Waals surface area contributed by atoms with E-state index in [4.69, 9.17) is 0 Å². The lowest BCUT2D eigenvalue weighted by Gasteiger charge is -2.06. The molecule has 0 fully saturated rings. The van der Waals surface area contributed by atoms with E-state index >= 15 is 0 Å². The molecule has 0 saturated carbocycles. The fourth-order valence-electron chi connectivity index (χ4n) is 2.56. The van der Waals surface area contributed by atoms with Gasteiger partial charge in [-0.1, -0.05) is 18.2 Å². The van der Waals surface area contributed by atoms with Crippen molar-refractivity contribution in [3.05, 3.63) is 64.1 Å². The maximum absolute atomic E-state index is 12.0. The monoisotopic (exact) mass is 310 g/mol. The van der Waals surface area contributed by atoms with Crippen LogP contribution < -0.4 is 10.9 Å². The molecule has 6 nitrogen and oxygen atoms in total. The molecule has 2 aromatic heterocycles. The van der Waals surface area contributed by atoms with Gasteiger partial charge in [0.2, 0.25) is 5.91 Å². The summed E-state index contributed by atoms with van der Waals surface area (Å²) in [5.74, 6) is -0.121. The molecule has 1 aromatic carbocycles. The van der Waals surface area contributed by atoms with E-state index < -0.39 is 0 Å². The van der Waals surface area contributed by atoms with Gasteiger partial charge in [-0.05, 0) is 24.4 Å². The van der Waals surface area contributed by atoms with Gasteiger partial charge >= 0.3 is 0 Å². The first kappa shape index (κ1) is 15.0. The van der Waals surface area contributed by atoms with Gasteiger partial charge in [0.1, 0.15) is 0 Å². The molecule has 0 radical (unpaired) electrons. The number of hydrogen-bond donors (Lipinski definition) is 3. The standard InChI is InChI=1S/C17H18N4O2/c1-11-15(20-10-19-11)6-7-18-16(22)9-13-8-12-4-2-3-5-14(12)17(23)21-13/h2-5,8,10H,6-7,9H2,1H3,(H,18,22)(H,19,20)(H,21,23). The van der Waals surface area contributed by atoms with Crippen LogP contribution in [0.15, 0.2) is 41.5 Å². The van der Waals surface area contributed by atoms with E-state index in [0.29, 0.717) is 24.0 Å². The summed E-state index contributed by atoms with van der Waals surface area (Å²) in [4.78, 5) is 34.0. The summed E-state index contributed by atoms with van der Waals surface area (Å²) >= 11 is 0. The van der Waals surface area contributed by atoms with Crippen molar-refractivity contribution in [3.63, 3.8) is 0 Å². The Labute approximate surface area is 133 Å². The molecule has 3 N–H and O–H groups in total. The molecule has 0 bridgehead atoms. The number of aromatic amines is 2. The van der Waals surface area contributed by atoms with E-state index in [2.05, 4.69) is 20.3 Å². The number of hydrogen-bond acceptors (Lipinski definition) is 3. The van der Waals surface area contributed by atoms with Crippen LogP contribution in [0.25, 0.3) is 10.8 Å². The molecule has 0 aliphatic heterocycles. The van der Waals surface area contributed by atoms with Crippen LogP contribution in [0.5, 0.6) is 0 Å². The predicted octanol–water partition coefficient (Wildman–Crippen LogP) is 1.46. The Kier molecular flexibility index (Phi) is 4.23. The SMILES string of the molecule is Cc1[nH]cnc1CCNC(=O)Cc1cc2ccccc2c(=O)[nH]1. The highest BCUT2D eigenvalue weighted by atomic mass is 16.1. The highest BCUT2D eigenvalue weighted by Crippen LogP contribution is 2.10. The average molecular weight is 310 g/mol. The topological polar surface area (TPSA) is 90.6 Å². The Morgan fingerprint density at radius 3 is 2.91 bits per heavy atom. The van der Waals surface area contributed by atoms with Crippen LogP contribution in [-0.4, -0.2) is 27.4 Å². The molecule has 0 unspecified atom stereocenters. The van der Waals surface area contributed by atoms with Crippen LogP contribution >= 0.6 is 0 Å². The fraction of sp³-hybridized carbons (Fsp3) is 0.235. The van der Waals surface area contributed by atoms with Gasteiger partial charge in [-0.2, -0.15) is 0 Å². The number of nitrogens with zero attached hydrogens (tertiary/aromatic N) is 1. The van der Waals surface area contributed by atoms with Gasteiger partial charge in [0.05, 0.1) is 18.4 Å². The predicted molar refractivity (Wildman–Crippen MR) is 88.3 cm³/mol. The average Bonchev–Trinajstić information content (AvgIpc) is 2.93. The zero-order valence-corrected chi connectivity index (χ0v) is 12.8. The number of benzene rings is 1. The smallest absolute Gasteiger partial charge is 0.256 e. The van der Waals surface area contributed by atoms with Crippen LogP contribution in [0, 0.1) is 6.92 Å². The second kappa shape index (κ2) is 6.48. The number of aryl methyl sites for hydroxylation is 1. The minimum absolute atomic E-state index is 0.121. The van der Waals surface area contributed by atoms with Crippen LogP contribution in [-0.2, 0) is 17.6 Å². The van der Waals surface area contributed by atoms with Crippen LogP contribution in [0.1, 0.15) is 17.1 Å². The van der Waals surface area contributed by atoms with E-state index in [-0.39, 0.29) is 17.9 Å². The van der Waals surface area contributed by atoms with Crippen molar-refractivity contribution < 1.29 is 4.79 Å². The molecule has 3 aromatic rings. The highest BCUT2D eigenvalue weighted by molar-refractivity contribution is 5.83. The number of carbonyl (C=O) groups excluding carboxylic acids is 1. The highest BCUT2D eigenvalue weighted by Gasteiger charge is 2.07. The quantitative estimate of drug-likeness (QED) is 0.666. The van der Waals surface area contributed by atoms with Crippen molar-refractivity contribution in [1.29, 1.82) is 0 Å². The third kappa shape index (κ3) is 3.48. The maximum Gasteiger partial charge on any atom is 0.256 e. The second-order valence-electron chi connectivity index (χ2n) is 5.46. The van der Waals surface area contributed by atoms with Crippen molar-refractivity contribution in [2.75, 3.05) is 6.54 Å². The van der Waals surface area contributed by atoms with Gasteiger partial charge < -0.3 is 15.3 Å². The molecule has 0 aliphatic rings. The number of H-pyrrole nitrogens is 2. The van der Waals surface area contributed by atoms with Gasteiger partial charge in [0, 0.05) is 29.7 Å². The lowest BCUT2D eigenvalue weighted by atomic mass is 10.1. The summed E-state index contributed by atoms with van der Waals surface area (Å²) in [5, 5.41) is 4.32. The number of fused-ring (bicyclic) bond motifs is 1. The Morgan fingerprint density at radius 2 is 2.13 bits per heavy atom. The van der Waals surface area contributed by atoms with E-state index in [0.717, 1.165) is 16.8 Å². The Balaban J connectivity index is 1.61. The summed E-state index contributed by atoms with van der Waals surface area (Å²) < 4.78 is 0. The Bertz CT molecular complexity index is 895. The molecule has 1 amide bonds. The first-order valence-corrected chi connectivity index (χ1v) is 7.50. The first-order valence-electron chi connectivity index (χ1n) is 7.50. The van der Waals surface area contributed by atoms with Crippen LogP contribution in [0.3, 0.4) is 0 Å². The summed E-state index contributed by atoms with van der Waals surface area (Å²) in [6.45, 7) is 2.46. The largest absolute Gasteiger partial charge is 0.355 e. The van der Waals surface area contributed by atoms with E-state index in [9.17, 15) is 9.59 Å². The maximum atomic E-state index is 12.0. The number of amides is 1. The molecule has 6 heteroatoms. The first-order chi connectivity index (χ1) is 11.1. The van der Waals surface area contributed by atoms with Gasteiger partial charge in [0.15, 0.2) is 0 Å². The molecular formula is C17H18N4O2. The number of nitrogens with one attached hydrogen (secondary N) is 3. The van der Waals surface area contributed by atoms with Crippen molar-refractivity contribution >= 4 is 16.7 Å². The van der Waals surface area contributed by atoms with Crippen LogP contribution in [0.2, 0.25) is 0 Å². The molecule has 3 rings (SSSR count). The zero-order chi connectivity index (χ0) is 16.2. The molecule has 118 valence electrons. The molecule has 0 saturated heterocycles. The molecule has 23 heavy (non-hydrogen) atoms. The molecule has 0 atom stereocenters. The van der Waals surface area contributed by atoms with Gasteiger partial charge in [-0.25, -0.2) is 4.98 Å². The molecule has 0 aliphatic carbocycles. The minimum Gasteiger partial charge on any atom is -0.355 e. The minimum atomic E-state index is -0.168. The summed E-state index contributed by atoms with van der Waals surface area (Å²) in [5.41, 5.74) is 2.41. The summed E-state index contributed by atoms with van der Waals surface area (Å²) in [6, 6.07) is 9.17. The Hall–Kier alpha value is -2.89. The fourth-order valence-corrected chi connectivity index (χ4v) is 2.56. The summed E-state index contributed by atoms with van der Waals surface area (Å²) in [7, 11) is 0. The third-order valence-electron chi connectivity index (χ3n) is 3.78. The third-order valence-corrected chi connectivity index (χ3v) is 3.78. The molecular weight excluding hydrogens is 292 g/mol. The molecule has 0 spiro atoms. The van der Waals surface area contributed by atoms with Crippen LogP contribution in [0.4, 0.5) is 0 Å². The van der Waals surface area contributed by atoms with Gasteiger partial charge in [-0.3, -0.25) is 9.59 Å². The van der Waals surface area contributed by atoms with Crippen molar-refractivity contribution in [2.24, 2.45) is 0 Å². The zero-order valence-electron chi connectivity index (χ0n) is 12.8. The molecule has 2 heterocycles. The number of carbonyl (C=O) groups is 1. The Morgan fingerprint density at radius 1 is 1.30 bits per heavy atom. The normalized spacial score (nSPS) is 10.8. The van der Waals surface area contributed by atoms with Crippen molar-refractivity contribution in [2.45, 2.75) is 19.8 Å². The second-order valence-corrected chi connectivity index (χ2v) is 5.46. The number of imidazole rings is 1. The number of aromatic nitrogens is 3. The van der Waals surface area contributed by atoms with E-state index in [1.54, 1.807) is 12.4 Å². The number of rotatable bonds is 5. The van der Waals surface area contributed by atoms with E-state index in [1.165, 1.54) is 0 Å². The van der Waals surface area contributed by atoms with E-state index in [1.807, 2.05) is 31.2 Å². The van der Waals surface area contributed by atoms with Crippen molar-refractivity contribution in [1.82, 2.24) is 20.3 Å². The number of pyridine rings is 1. The summed E-state index contributed by atoms with van der Waals surface area (Å²) in [6.07, 6.45) is 2.47. The lowest BCUT2D eigenvalue weighted by Crippen LogP contribution is -2.28. The lowest BCUT2D eigenvalue weighted by molar-refractivity contribution is -0.120. The van der Waals surface area contributed by atoms with Crippen molar-refractivity contribution in [3.8, 4) is 0 Å².